The first kappa shape index (κ1) is 26.3. The lowest BCUT2D eigenvalue weighted by Crippen LogP contribution is -2.56. The molecule has 2 aliphatic rings. The number of nitrogens with zero attached hydrogens (tertiary/aromatic N) is 3. The molecule has 1 saturated heterocycles. The first-order chi connectivity index (χ1) is 19.1. The number of amides is 2. The Morgan fingerprint density at radius 3 is 2.52 bits per heavy atom. The van der Waals surface area contributed by atoms with E-state index in [0.717, 1.165) is 40.9 Å². The van der Waals surface area contributed by atoms with E-state index in [0.29, 0.717) is 42.8 Å². The lowest BCUT2D eigenvalue weighted by atomic mass is 9.91. The van der Waals surface area contributed by atoms with Crippen molar-refractivity contribution in [2.24, 2.45) is 0 Å². The van der Waals surface area contributed by atoms with Crippen LogP contribution in [-0.2, 0) is 22.5 Å². The number of fused-ring (bicyclic) bond motifs is 4. The van der Waals surface area contributed by atoms with Crippen molar-refractivity contribution in [3.63, 3.8) is 0 Å². The van der Waals surface area contributed by atoms with E-state index in [-0.39, 0.29) is 23.3 Å². The number of hydrogen-bond acceptors (Lipinski definition) is 5. The highest BCUT2D eigenvalue weighted by Crippen LogP contribution is 2.30. The third-order valence-corrected chi connectivity index (χ3v) is 7.98. The molecular weight excluding hydrogens is 506 g/mol. The predicted molar refractivity (Wildman–Crippen MR) is 153 cm³/mol. The monoisotopic (exact) mass is 541 g/mol. The molecule has 0 saturated carbocycles. The van der Waals surface area contributed by atoms with Crippen LogP contribution in [0.3, 0.4) is 0 Å². The molecule has 6 rings (SSSR count). The minimum atomic E-state index is -0.646. The molecule has 4 heterocycles. The molecule has 9 heteroatoms. The average molecular weight is 542 g/mol. The van der Waals surface area contributed by atoms with Gasteiger partial charge in [0, 0.05) is 43.2 Å². The largest absolute Gasteiger partial charge is 0.381 e. The molecule has 1 atom stereocenters. The third-order valence-electron chi connectivity index (χ3n) is 7.98. The van der Waals surface area contributed by atoms with E-state index in [9.17, 15) is 14.4 Å². The van der Waals surface area contributed by atoms with Crippen molar-refractivity contribution in [2.45, 2.75) is 71.0 Å². The number of ether oxygens (including phenoxy) is 1. The van der Waals surface area contributed by atoms with E-state index in [1.807, 2.05) is 62.4 Å². The van der Waals surface area contributed by atoms with Gasteiger partial charge in [0.15, 0.2) is 0 Å². The Balaban J connectivity index is 1.44. The van der Waals surface area contributed by atoms with Crippen LogP contribution in [0.4, 0.5) is 0 Å². The number of nitrogens with one attached hydrogen (secondary N) is 2. The maximum absolute atomic E-state index is 14.2. The fourth-order valence-corrected chi connectivity index (χ4v) is 6.00. The van der Waals surface area contributed by atoms with Crippen LogP contribution in [0.5, 0.6) is 0 Å². The number of hydrogen-bond donors (Lipinski definition) is 2. The quantitative estimate of drug-likeness (QED) is 0.410. The van der Waals surface area contributed by atoms with Crippen molar-refractivity contribution in [3.05, 3.63) is 81.0 Å². The third kappa shape index (κ3) is 4.68. The van der Waals surface area contributed by atoms with Gasteiger partial charge in [-0.15, -0.1) is 0 Å². The van der Waals surface area contributed by atoms with Crippen molar-refractivity contribution in [1.82, 2.24) is 24.6 Å². The average Bonchev–Trinajstić information content (AvgIpc) is 3.38. The molecule has 2 aromatic heterocycles. The summed E-state index contributed by atoms with van der Waals surface area (Å²) in [6, 6.07) is 11.0. The van der Waals surface area contributed by atoms with Gasteiger partial charge in [0.2, 0.25) is 5.91 Å². The number of aryl methyl sites for hydroxylation is 1. The molecule has 1 fully saturated rings. The van der Waals surface area contributed by atoms with E-state index in [2.05, 4.69) is 15.3 Å². The maximum atomic E-state index is 14.2. The molecule has 9 nitrogen and oxygen atoms in total. The van der Waals surface area contributed by atoms with Crippen LogP contribution in [0.25, 0.3) is 16.6 Å². The number of imidazole rings is 1. The van der Waals surface area contributed by atoms with E-state index in [1.165, 1.54) is 0 Å². The minimum absolute atomic E-state index is 0.177. The summed E-state index contributed by atoms with van der Waals surface area (Å²) in [6.45, 7) is 9.37. The van der Waals surface area contributed by atoms with Crippen LogP contribution in [0, 0.1) is 6.92 Å². The van der Waals surface area contributed by atoms with Crippen molar-refractivity contribution >= 4 is 28.4 Å². The second kappa shape index (κ2) is 9.89. The molecule has 0 spiro atoms. The number of aromatic amines is 1. The summed E-state index contributed by atoms with van der Waals surface area (Å²) in [6.07, 6.45) is 3.76. The van der Waals surface area contributed by atoms with Crippen LogP contribution >= 0.6 is 0 Å². The zero-order chi connectivity index (χ0) is 28.2. The number of carbonyl (C=O) groups excluding carboxylic acids is 2. The Bertz CT molecular complexity index is 1690. The summed E-state index contributed by atoms with van der Waals surface area (Å²) >= 11 is 0. The number of benzene rings is 2. The highest BCUT2D eigenvalue weighted by molar-refractivity contribution is 6.01. The van der Waals surface area contributed by atoms with Crippen LogP contribution < -0.4 is 10.9 Å². The molecule has 2 aliphatic heterocycles. The Morgan fingerprint density at radius 2 is 1.80 bits per heavy atom. The molecule has 0 bridgehead atoms. The maximum Gasteiger partial charge on any atom is 0.274 e. The fourth-order valence-electron chi connectivity index (χ4n) is 6.00. The Morgan fingerprint density at radius 1 is 1.07 bits per heavy atom. The molecule has 208 valence electrons. The van der Waals surface area contributed by atoms with E-state index < -0.39 is 11.6 Å². The molecule has 2 aromatic carbocycles. The van der Waals surface area contributed by atoms with Crippen LogP contribution in [-0.4, -0.2) is 55.9 Å². The smallest absolute Gasteiger partial charge is 0.274 e. The second-order valence-electron chi connectivity index (χ2n) is 12.0. The number of H-pyrrole nitrogens is 1. The highest BCUT2D eigenvalue weighted by Gasteiger charge is 2.37. The Hall–Kier alpha value is -3.98. The van der Waals surface area contributed by atoms with Gasteiger partial charge < -0.3 is 19.9 Å². The molecule has 40 heavy (non-hydrogen) atoms. The van der Waals surface area contributed by atoms with Gasteiger partial charge in [-0.25, -0.2) is 4.98 Å². The summed E-state index contributed by atoms with van der Waals surface area (Å²) < 4.78 is 7.47. The second-order valence-corrected chi connectivity index (χ2v) is 12.0. The molecule has 2 amide bonds. The van der Waals surface area contributed by atoms with Gasteiger partial charge >= 0.3 is 0 Å². The normalized spacial score (nSPS) is 18.2. The van der Waals surface area contributed by atoms with Crippen LogP contribution in [0.1, 0.15) is 72.4 Å². The summed E-state index contributed by atoms with van der Waals surface area (Å²) in [5, 5.41) is 3.06. The number of carbonyl (C=O) groups is 2. The van der Waals surface area contributed by atoms with Gasteiger partial charge in [0.25, 0.3) is 11.5 Å². The van der Waals surface area contributed by atoms with Gasteiger partial charge in [0.05, 0.1) is 17.2 Å². The van der Waals surface area contributed by atoms with E-state index in [1.54, 1.807) is 17.2 Å². The van der Waals surface area contributed by atoms with Crippen molar-refractivity contribution in [1.29, 1.82) is 0 Å². The summed E-state index contributed by atoms with van der Waals surface area (Å²) in [7, 11) is 0. The Labute approximate surface area is 232 Å². The van der Waals surface area contributed by atoms with Crippen molar-refractivity contribution < 1.29 is 14.3 Å². The molecule has 0 radical (unpaired) electrons. The van der Waals surface area contributed by atoms with Crippen LogP contribution in [0.15, 0.2) is 47.4 Å². The summed E-state index contributed by atoms with van der Waals surface area (Å²) in [5.74, 6) is 0.625. The predicted octanol–water partition coefficient (Wildman–Crippen LogP) is 3.86. The molecule has 2 N–H and O–H groups in total. The lowest BCUT2D eigenvalue weighted by Gasteiger charge is -2.37. The first-order valence-electron chi connectivity index (χ1n) is 13.9. The van der Waals surface area contributed by atoms with Crippen molar-refractivity contribution in [3.8, 4) is 0 Å². The van der Waals surface area contributed by atoms with E-state index >= 15 is 0 Å². The summed E-state index contributed by atoms with van der Waals surface area (Å²) in [5.41, 5.74) is 4.49. The number of rotatable bonds is 3. The number of aromatic nitrogens is 3. The van der Waals surface area contributed by atoms with Gasteiger partial charge in [-0.2, -0.15) is 0 Å². The standard InChI is InChI=1S/C31H35N5O4/c1-18-13-24-23(33-28(37)26-16-32-27(36(24)26)19-9-11-40-12-10-19)15-22(18)30(39)35-17-21-8-6-5-7-20(21)14-25(35)29(38)34-31(2,3)4/h5-8,13,15-16,19,25H,9-12,14,17H2,1-4H3,(H,33,37)(H,34,38)/t25-/m0/s1. The molecule has 0 unspecified atom stereocenters. The first-order valence-corrected chi connectivity index (χ1v) is 13.9. The topological polar surface area (TPSA) is 109 Å². The lowest BCUT2D eigenvalue weighted by molar-refractivity contribution is -0.127. The minimum Gasteiger partial charge on any atom is -0.381 e. The molecule has 0 aliphatic carbocycles. The van der Waals surface area contributed by atoms with Crippen LogP contribution in [0.2, 0.25) is 0 Å². The van der Waals surface area contributed by atoms with Gasteiger partial charge in [-0.1, -0.05) is 24.3 Å². The molecular formula is C31H35N5O4. The van der Waals surface area contributed by atoms with E-state index in [4.69, 9.17) is 4.74 Å². The van der Waals surface area contributed by atoms with Gasteiger partial charge in [-0.3, -0.25) is 18.8 Å². The highest BCUT2D eigenvalue weighted by atomic mass is 16.5. The molecule has 4 aromatic rings. The fraction of sp³-hybridized carbons (Fsp3) is 0.419. The SMILES string of the molecule is Cc1cc2c(cc1C(=O)N1Cc3ccccc3C[C@H]1C(=O)NC(C)(C)C)[nH]c(=O)c1cnc(C3CCOCC3)n12. The zero-order valence-electron chi connectivity index (χ0n) is 23.4. The summed E-state index contributed by atoms with van der Waals surface area (Å²) in [4.78, 5) is 50.0. The van der Waals surface area contributed by atoms with Gasteiger partial charge in [0.1, 0.15) is 17.4 Å². The van der Waals surface area contributed by atoms with Crippen molar-refractivity contribution in [2.75, 3.05) is 13.2 Å². The Kier molecular flexibility index (Phi) is 6.49. The zero-order valence-corrected chi connectivity index (χ0v) is 23.4. The van der Waals surface area contributed by atoms with Gasteiger partial charge in [-0.05, 0) is 69.4 Å².